The molecule has 0 atom stereocenters. The molecule has 1 aliphatic carbocycles. The van der Waals surface area contributed by atoms with Crippen LogP contribution in [0.4, 0.5) is 5.69 Å². The molecule has 1 aliphatic rings. The second-order valence-corrected chi connectivity index (χ2v) is 5.93. The second-order valence-electron chi connectivity index (χ2n) is 5.93. The third-order valence-corrected chi connectivity index (χ3v) is 3.43. The minimum Gasteiger partial charge on any atom is -0.383 e. The van der Waals surface area contributed by atoms with Gasteiger partial charge in [0.2, 0.25) is 0 Å². The first-order valence-corrected chi connectivity index (χ1v) is 7.62. The van der Waals surface area contributed by atoms with E-state index in [4.69, 9.17) is 0 Å². The van der Waals surface area contributed by atoms with Gasteiger partial charge in [-0.25, -0.2) is 0 Å². The molecule has 0 spiro atoms. The fraction of sp³-hybridized carbons (Fsp3) is 0.625. The van der Waals surface area contributed by atoms with Crippen molar-refractivity contribution in [2.45, 2.75) is 46.1 Å². The molecule has 1 heterocycles. The maximum atomic E-state index is 12.8. The Morgan fingerprint density at radius 1 is 1.50 bits per heavy atom. The second kappa shape index (κ2) is 6.73. The Kier molecular flexibility index (Phi) is 4.99. The molecule has 0 radical (unpaired) electrons. The number of nitrogens with one attached hydrogen (secondary N) is 1. The Labute approximate surface area is 121 Å². The molecular formula is C16H25N3O. The number of rotatable bonds is 7. The third kappa shape index (κ3) is 3.71. The summed E-state index contributed by atoms with van der Waals surface area (Å²) >= 11 is 0. The van der Waals surface area contributed by atoms with Crippen molar-refractivity contribution in [3.05, 3.63) is 24.0 Å². The summed E-state index contributed by atoms with van der Waals surface area (Å²) in [5, 5.41) is 3.30. The van der Waals surface area contributed by atoms with Crippen molar-refractivity contribution in [1.29, 1.82) is 0 Å². The van der Waals surface area contributed by atoms with E-state index in [0.717, 1.165) is 43.6 Å². The van der Waals surface area contributed by atoms with E-state index in [-0.39, 0.29) is 5.91 Å². The smallest absolute Gasteiger partial charge is 0.256 e. The molecule has 0 aliphatic heterocycles. The minimum atomic E-state index is 0.141. The summed E-state index contributed by atoms with van der Waals surface area (Å²) in [5.74, 6) is 0.635. The predicted molar refractivity (Wildman–Crippen MR) is 81.9 cm³/mol. The van der Waals surface area contributed by atoms with Gasteiger partial charge in [-0.05, 0) is 31.2 Å². The lowest BCUT2D eigenvalue weighted by Gasteiger charge is -2.25. The molecule has 0 aromatic carbocycles. The zero-order valence-corrected chi connectivity index (χ0v) is 12.7. The Hall–Kier alpha value is -1.58. The summed E-state index contributed by atoms with van der Waals surface area (Å²) in [5.41, 5.74) is 1.61. The Bertz CT molecular complexity index is 455. The molecule has 2 rings (SSSR count). The highest BCUT2D eigenvalue weighted by Crippen LogP contribution is 2.30. The van der Waals surface area contributed by atoms with Crippen molar-refractivity contribution in [3.8, 4) is 0 Å². The van der Waals surface area contributed by atoms with E-state index in [2.05, 4.69) is 31.1 Å². The van der Waals surface area contributed by atoms with E-state index >= 15 is 0 Å². The lowest BCUT2D eigenvalue weighted by molar-refractivity contribution is 0.0723. The Balaban J connectivity index is 2.17. The molecule has 4 heteroatoms. The highest BCUT2D eigenvalue weighted by atomic mass is 16.2. The molecule has 1 N–H and O–H groups in total. The van der Waals surface area contributed by atoms with Crippen LogP contribution in [-0.2, 0) is 0 Å². The molecule has 110 valence electrons. The van der Waals surface area contributed by atoms with E-state index in [0.29, 0.717) is 12.0 Å². The fourth-order valence-electron chi connectivity index (χ4n) is 2.31. The van der Waals surface area contributed by atoms with Crippen LogP contribution in [0.3, 0.4) is 0 Å². The molecule has 1 aromatic heterocycles. The van der Waals surface area contributed by atoms with Gasteiger partial charge < -0.3 is 10.2 Å². The summed E-state index contributed by atoms with van der Waals surface area (Å²) in [6, 6.07) is 2.27. The molecule has 4 nitrogen and oxygen atoms in total. The molecule has 20 heavy (non-hydrogen) atoms. The van der Waals surface area contributed by atoms with Crippen molar-refractivity contribution in [1.82, 2.24) is 9.88 Å². The number of anilines is 1. The number of hydrogen-bond acceptors (Lipinski definition) is 3. The monoisotopic (exact) mass is 275 g/mol. The van der Waals surface area contributed by atoms with Crippen LogP contribution < -0.4 is 5.32 Å². The normalized spacial score (nSPS) is 14.4. The van der Waals surface area contributed by atoms with E-state index in [9.17, 15) is 4.79 Å². The minimum absolute atomic E-state index is 0.141. The van der Waals surface area contributed by atoms with Crippen molar-refractivity contribution in [2.24, 2.45) is 5.92 Å². The van der Waals surface area contributed by atoms with Crippen LogP contribution >= 0.6 is 0 Å². The van der Waals surface area contributed by atoms with Gasteiger partial charge in [-0.1, -0.05) is 20.8 Å². The average molecular weight is 275 g/mol. The number of pyridine rings is 1. The van der Waals surface area contributed by atoms with Crippen molar-refractivity contribution >= 4 is 11.6 Å². The van der Waals surface area contributed by atoms with Gasteiger partial charge in [-0.2, -0.15) is 0 Å². The SMILES string of the molecule is CCCNc1cnccc1C(=O)N(CC(C)C)C1CC1. The van der Waals surface area contributed by atoms with Crippen molar-refractivity contribution in [2.75, 3.05) is 18.4 Å². The first-order chi connectivity index (χ1) is 9.63. The number of nitrogens with zero attached hydrogens (tertiary/aromatic N) is 2. The fourth-order valence-corrected chi connectivity index (χ4v) is 2.31. The maximum Gasteiger partial charge on any atom is 0.256 e. The van der Waals surface area contributed by atoms with Crippen molar-refractivity contribution in [3.63, 3.8) is 0 Å². The number of aromatic nitrogens is 1. The van der Waals surface area contributed by atoms with E-state index in [1.807, 2.05) is 11.0 Å². The molecule has 1 fully saturated rings. The van der Waals surface area contributed by atoms with Gasteiger partial charge >= 0.3 is 0 Å². The number of amides is 1. The summed E-state index contributed by atoms with van der Waals surface area (Å²) in [7, 11) is 0. The van der Waals surface area contributed by atoms with Gasteiger partial charge in [0.05, 0.1) is 17.4 Å². The molecular weight excluding hydrogens is 250 g/mol. The quantitative estimate of drug-likeness (QED) is 0.831. The number of carbonyl (C=O) groups excluding carboxylic acids is 1. The molecule has 1 saturated carbocycles. The Morgan fingerprint density at radius 2 is 2.25 bits per heavy atom. The highest BCUT2D eigenvalue weighted by Gasteiger charge is 2.34. The molecule has 1 amide bonds. The van der Waals surface area contributed by atoms with Crippen LogP contribution in [0.15, 0.2) is 18.5 Å². The van der Waals surface area contributed by atoms with Crippen LogP contribution in [-0.4, -0.2) is 34.9 Å². The molecule has 0 bridgehead atoms. The summed E-state index contributed by atoms with van der Waals surface area (Å²) in [6.07, 6.45) is 6.76. The summed E-state index contributed by atoms with van der Waals surface area (Å²) in [6.45, 7) is 8.12. The van der Waals surface area contributed by atoms with Gasteiger partial charge in [-0.3, -0.25) is 9.78 Å². The maximum absolute atomic E-state index is 12.8. The van der Waals surface area contributed by atoms with Crippen LogP contribution in [0.5, 0.6) is 0 Å². The van der Waals surface area contributed by atoms with E-state index in [1.54, 1.807) is 12.4 Å². The zero-order chi connectivity index (χ0) is 14.5. The Morgan fingerprint density at radius 3 is 2.85 bits per heavy atom. The first-order valence-electron chi connectivity index (χ1n) is 7.62. The van der Waals surface area contributed by atoms with Gasteiger partial charge in [0.15, 0.2) is 0 Å². The number of carbonyl (C=O) groups is 1. The van der Waals surface area contributed by atoms with E-state index in [1.165, 1.54) is 0 Å². The standard InChI is InChI=1S/C16H25N3O/c1-4-8-18-15-10-17-9-7-14(15)16(20)19(11-12(2)3)13-5-6-13/h7,9-10,12-13,18H,4-6,8,11H2,1-3H3. The largest absolute Gasteiger partial charge is 0.383 e. The summed E-state index contributed by atoms with van der Waals surface area (Å²) in [4.78, 5) is 19.0. The molecule has 0 unspecified atom stereocenters. The topological polar surface area (TPSA) is 45.2 Å². The van der Waals surface area contributed by atoms with Crippen LogP contribution in [0, 0.1) is 5.92 Å². The van der Waals surface area contributed by atoms with Gasteiger partial charge in [0.1, 0.15) is 0 Å². The number of hydrogen-bond donors (Lipinski definition) is 1. The van der Waals surface area contributed by atoms with Gasteiger partial charge in [0, 0.05) is 25.3 Å². The van der Waals surface area contributed by atoms with Crippen LogP contribution in [0.2, 0.25) is 0 Å². The lowest BCUT2D eigenvalue weighted by Crippen LogP contribution is -2.36. The van der Waals surface area contributed by atoms with Gasteiger partial charge in [0.25, 0.3) is 5.91 Å². The predicted octanol–water partition coefficient (Wildman–Crippen LogP) is 3.16. The van der Waals surface area contributed by atoms with Crippen LogP contribution in [0.1, 0.15) is 50.4 Å². The zero-order valence-electron chi connectivity index (χ0n) is 12.7. The molecule has 1 aromatic rings. The molecule has 0 saturated heterocycles. The first kappa shape index (κ1) is 14.8. The highest BCUT2D eigenvalue weighted by molar-refractivity contribution is 5.99. The average Bonchev–Trinajstić information content (AvgIpc) is 3.26. The van der Waals surface area contributed by atoms with Crippen LogP contribution in [0.25, 0.3) is 0 Å². The lowest BCUT2D eigenvalue weighted by atomic mass is 10.1. The van der Waals surface area contributed by atoms with E-state index < -0.39 is 0 Å². The van der Waals surface area contributed by atoms with Crippen molar-refractivity contribution < 1.29 is 4.79 Å². The summed E-state index contributed by atoms with van der Waals surface area (Å²) < 4.78 is 0. The van der Waals surface area contributed by atoms with Gasteiger partial charge in [-0.15, -0.1) is 0 Å². The third-order valence-electron chi connectivity index (χ3n) is 3.43.